The Morgan fingerprint density at radius 3 is 2.42 bits per heavy atom. The summed E-state index contributed by atoms with van der Waals surface area (Å²) in [6.45, 7) is 2.07. The smallest absolute Gasteiger partial charge is 0.142 e. The Morgan fingerprint density at radius 1 is 1.08 bits per heavy atom. The third-order valence-corrected chi connectivity index (χ3v) is 2.52. The summed E-state index contributed by atoms with van der Waals surface area (Å²) >= 11 is 0. The fourth-order valence-electron chi connectivity index (χ4n) is 1.87. The maximum absolute atomic E-state index is 13.3. The van der Waals surface area contributed by atoms with E-state index in [1.807, 2.05) is 6.08 Å². The highest BCUT2D eigenvalue weighted by molar-refractivity contribution is 5.27. The topological polar surface area (TPSA) is 3.24 Å². The Morgan fingerprint density at radius 2 is 1.75 bits per heavy atom. The van der Waals surface area contributed by atoms with E-state index in [0.29, 0.717) is 0 Å². The zero-order chi connectivity index (χ0) is 8.39. The van der Waals surface area contributed by atoms with Gasteiger partial charge in [-0.25, -0.2) is 4.39 Å². The van der Waals surface area contributed by atoms with Crippen LogP contribution in [-0.4, -0.2) is 18.0 Å². The summed E-state index contributed by atoms with van der Waals surface area (Å²) in [6.07, 6.45) is 8.02. The minimum Gasteiger partial charge on any atom is -0.369 e. The number of halogens is 1. The number of hydrogen-bond acceptors (Lipinski definition) is 1. The van der Waals surface area contributed by atoms with Crippen LogP contribution in [0.15, 0.2) is 23.7 Å². The van der Waals surface area contributed by atoms with Crippen LogP contribution >= 0.6 is 0 Å². The molecule has 2 heteroatoms. The average Bonchev–Trinajstić information content (AvgIpc) is 2.57. The van der Waals surface area contributed by atoms with Crippen molar-refractivity contribution in [3.8, 4) is 0 Å². The van der Waals surface area contributed by atoms with Gasteiger partial charge in [-0.05, 0) is 31.8 Å². The van der Waals surface area contributed by atoms with Crippen molar-refractivity contribution < 1.29 is 4.39 Å². The summed E-state index contributed by atoms with van der Waals surface area (Å²) in [4.78, 5) is 2.16. The second-order valence-corrected chi connectivity index (χ2v) is 3.41. The molecule has 0 aromatic rings. The molecular weight excluding hydrogens is 153 g/mol. The summed E-state index contributed by atoms with van der Waals surface area (Å²) < 4.78 is 13.3. The second-order valence-electron chi connectivity index (χ2n) is 3.41. The molecule has 12 heavy (non-hydrogen) atoms. The van der Waals surface area contributed by atoms with E-state index < -0.39 is 0 Å². The van der Waals surface area contributed by atoms with Crippen molar-refractivity contribution in [3.63, 3.8) is 0 Å². The maximum Gasteiger partial charge on any atom is 0.142 e. The van der Waals surface area contributed by atoms with Crippen molar-refractivity contribution in [3.05, 3.63) is 23.7 Å². The Balaban J connectivity index is 2.10. The van der Waals surface area contributed by atoms with Crippen molar-refractivity contribution in [2.24, 2.45) is 0 Å². The first-order valence-electron chi connectivity index (χ1n) is 4.69. The molecule has 0 radical (unpaired) electrons. The Bertz CT molecular complexity index is 224. The molecule has 1 aliphatic carbocycles. The van der Waals surface area contributed by atoms with Crippen LogP contribution in [0.5, 0.6) is 0 Å². The lowest BCUT2D eigenvalue weighted by molar-refractivity contribution is 0.402. The largest absolute Gasteiger partial charge is 0.369 e. The lowest BCUT2D eigenvalue weighted by Crippen LogP contribution is -2.19. The Hall–Kier alpha value is -0.790. The van der Waals surface area contributed by atoms with Crippen LogP contribution in [0.4, 0.5) is 4.39 Å². The van der Waals surface area contributed by atoms with Gasteiger partial charge >= 0.3 is 0 Å². The number of nitrogens with zero attached hydrogens (tertiary/aromatic N) is 1. The molecule has 1 heterocycles. The van der Waals surface area contributed by atoms with E-state index in [0.717, 1.165) is 31.6 Å². The van der Waals surface area contributed by atoms with Crippen molar-refractivity contribution in [2.45, 2.75) is 25.7 Å². The molecule has 0 bridgehead atoms. The molecule has 1 nitrogen and oxygen atoms in total. The number of likely N-dealkylation sites (tertiary alicyclic amines) is 1. The average molecular weight is 167 g/mol. The molecule has 0 aromatic heterocycles. The summed E-state index contributed by atoms with van der Waals surface area (Å²) in [5.41, 5.74) is 0.846. The van der Waals surface area contributed by atoms with Crippen LogP contribution in [0, 0.1) is 0 Å². The third-order valence-electron chi connectivity index (χ3n) is 2.52. The zero-order valence-electron chi connectivity index (χ0n) is 7.22. The first-order valence-corrected chi connectivity index (χ1v) is 4.69. The fourth-order valence-corrected chi connectivity index (χ4v) is 1.87. The van der Waals surface area contributed by atoms with E-state index in [1.165, 1.54) is 12.8 Å². The number of allylic oxidation sites excluding steroid dienone is 3. The minimum atomic E-state index is -0.0110. The maximum atomic E-state index is 13.3. The van der Waals surface area contributed by atoms with Crippen LogP contribution in [0.1, 0.15) is 25.7 Å². The monoisotopic (exact) mass is 167 g/mol. The van der Waals surface area contributed by atoms with Crippen LogP contribution < -0.4 is 0 Å². The highest BCUT2D eigenvalue weighted by Gasteiger charge is 2.18. The standard InChI is InChI=1S/C10H14FN/c11-9-5-1-2-6-10(9)12-7-3-4-8-12/h5-6H,1-4,7-8H2. The van der Waals surface area contributed by atoms with E-state index in [2.05, 4.69) is 4.90 Å². The third kappa shape index (κ3) is 1.38. The molecule has 0 unspecified atom stereocenters. The van der Waals surface area contributed by atoms with E-state index in [1.54, 1.807) is 6.08 Å². The highest BCUT2D eigenvalue weighted by Crippen LogP contribution is 2.26. The van der Waals surface area contributed by atoms with Crippen molar-refractivity contribution in [1.29, 1.82) is 0 Å². The molecule has 0 N–H and O–H groups in total. The predicted octanol–water partition coefficient (Wildman–Crippen LogP) is 2.61. The van der Waals surface area contributed by atoms with Gasteiger partial charge in [0.15, 0.2) is 0 Å². The van der Waals surface area contributed by atoms with Crippen LogP contribution in [0.2, 0.25) is 0 Å². The zero-order valence-corrected chi connectivity index (χ0v) is 7.22. The van der Waals surface area contributed by atoms with Crippen LogP contribution in [0.3, 0.4) is 0 Å². The summed E-state index contributed by atoms with van der Waals surface area (Å²) in [5.74, 6) is -0.0110. The van der Waals surface area contributed by atoms with E-state index in [9.17, 15) is 4.39 Å². The predicted molar refractivity (Wildman–Crippen MR) is 47.3 cm³/mol. The molecule has 1 saturated heterocycles. The minimum absolute atomic E-state index is 0.0110. The van der Waals surface area contributed by atoms with Gasteiger partial charge in [0, 0.05) is 13.1 Å². The highest BCUT2D eigenvalue weighted by atomic mass is 19.1. The lowest BCUT2D eigenvalue weighted by atomic mass is 10.1. The van der Waals surface area contributed by atoms with Crippen molar-refractivity contribution >= 4 is 0 Å². The molecule has 1 aliphatic heterocycles. The second kappa shape index (κ2) is 3.30. The van der Waals surface area contributed by atoms with E-state index >= 15 is 0 Å². The summed E-state index contributed by atoms with van der Waals surface area (Å²) in [6, 6.07) is 0. The van der Waals surface area contributed by atoms with E-state index in [-0.39, 0.29) is 5.83 Å². The van der Waals surface area contributed by atoms with Crippen molar-refractivity contribution in [2.75, 3.05) is 13.1 Å². The van der Waals surface area contributed by atoms with Gasteiger partial charge in [-0.3, -0.25) is 0 Å². The molecule has 0 aromatic carbocycles. The Labute approximate surface area is 72.6 Å². The van der Waals surface area contributed by atoms with Gasteiger partial charge in [0.05, 0.1) is 5.70 Å². The molecular formula is C10H14FN. The van der Waals surface area contributed by atoms with Crippen LogP contribution in [0.25, 0.3) is 0 Å². The summed E-state index contributed by atoms with van der Waals surface area (Å²) in [5, 5.41) is 0. The summed E-state index contributed by atoms with van der Waals surface area (Å²) in [7, 11) is 0. The van der Waals surface area contributed by atoms with Gasteiger partial charge in [-0.2, -0.15) is 0 Å². The van der Waals surface area contributed by atoms with Gasteiger partial charge < -0.3 is 4.90 Å². The first kappa shape index (κ1) is 7.84. The molecule has 2 aliphatic rings. The van der Waals surface area contributed by atoms with Crippen molar-refractivity contribution in [1.82, 2.24) is 4.90 Å². The molecule has 0 spiro atoms. The molecule has 2 rings (SSSR count). The number of hydrogen-bond donors (Lipinski definition) is 0. The molecule has 1 fully saturated rings. The quantitative estimate of drug-likeness (QED) is 0.580. The van der Waals surface area contributed by atoms with Gasteiger partial charge in [-0.1, -0.05) is 6.08 Å². The number of rotatable bonds is 1. The molecule has 0 saturated carbocycles. The van der Waals surface area contributed by atoms with Gasteiger partial charge in [0.2, 0.25) is 0 Å². The SMILES string of the molecule is FC1=CCCC=C1N1CCCC1. The normalized spacial score (nSPS) is 23.9. The molecule has 0 atom stereocenters. The van der Waals surface area contributed by atoms with Crippen LogP contribution in [-0.2, 0) is 0 Å². The van der Waals surface area contributed by atoms with Gasteiger partial charge in [-0.15, -0.1) is 0 Å². The fraction of sp³-hybridized carbons (Fsp3) is 0.600. The van der Waals surface area contributed by atoms with Gasteiger partial charge in [0.1, 0.15) is 5.83 Å². The first-order chi connectivity index (χ1) is 5.88. The molecule has 0 amide bonds. The molecule has 66 valence electrons. The van der Waals surface area contributed by atoms with Gasteiger partial charge in [0.25, 0.3) is 0 Å². The van der Waals surface area contributed by atoms with E-state index in [4.69, 9.17) is 0 Å². The Kier molecular flexibility index (Phi) is 2.15. The lowest BCUT2D eigenvalue weighted by Gasteiger charge is -2.22.